The minimum atomic E-state index is -2.66. The van der Waals surface area contributed by atoms with Gasteiger partial charge < -0.3 is 0 Å². The third-order valence-corrected chi connectivity index (χ3v) is 3.59. The van der Waals surface area contributed by atoms with Crippen molar-refractivity contribution in [2.75, 3.05) is 0 Å². The van der Waals surface area contributed by atoms with Crippen LogP contribution in [0, 0.1) is 0 Å². The van der Waals surface area contributed by atoms with Crippen LogP contribution in [0.25, 0.3) is 12.2 Å². The summed E-state index contributed by atoms with van der Waals surface area (Å²) >= 11 is 0. The highest BCUT2D eigenvalue weighted by Crippen LogP contribution is 2.39. The van der Waals surface area contributed by atoms with E-state index in [2.05, 4.69) is 0 Å². The molecule has 0 bridgehead atoms. The standard InChI is InChI=1S/C15H11O3P/c16-19(17)18-15-13-7-3-1-5-11(13)9-10-12-6-2-4-8-14(12)15/h1-10,15H/p+1. The topological polar surface area (TPSA) is 46.5 Å². The highest BCUT2D eigenvalue weighted by Gasteiger charge is 2.30. The first-order chi connectivity index (χ1) is 9.25. The van der Waals surface area contributed by atoms with Crippen LogP contribution in [-0.4, -0.2) is 4.89 Å². The summed E-state index contributed by atoms with van der Waals surface area (Å²) in [5.74, 6) is 0. The smallest absolute Gasteiger partial charge is 0.133 e. The summed E-state index contributed by atoms with van der Waals surface area (Å²) in [6, 6.07) is 15.5. The lowest BCUT2D eigenvalue weighted by Gasteiger charge is -2.13. The minimum Gasteiger partial charge on any atom is -0.133 e. The number of benzene rings is 2. The molecule has 0 aromatic heterocycles. The molecule has 0 saturated heterocycles. The Bertz CT molecular complexity index is 614. The molecule has 94 valence electrons. The molecule has 0 spiro atoms. The molecule has 0 radical (unpaired) electrons. The molecule has 1 aliphatic carbocycles. The second kappa shape index (κ2) is 5.06. The summed E-state index contributed by atoms with van der Waals surface area (Å²) in [7, 11) is -2.66. The van der Waals surface area contributed by atoms with Gasteiger partial charge in [-0.15, -0.1) is 9.42 Å². The fourth-order valence-corrected chi connectivity index (χ4v) is 2.76. The number of hydrogen-bond donors (Lipinski definition) is 1. The lowest BCUT2D eigenvalue weighted by Crippen LogP contribution is -2.04. The molecule has 0 aliphatic heterocycles. The van der Waals surface area contributed by atoms with Crippen molar-refractivity contribution in [3.8, 4) is 0 Å². The lowest BCUT2D eigenvalue weighted by atomic mass is 9.97. The van der Waals surface area contributed by atoms with Crippen molar-refractivity contribution in [3.05, 3.63) is 70.8 Å². The average Bonchev–Trinajstić information content (AvgIpc) is 2.57. The summed E-state index contributed by atoms with van der Waals surface area (Å²) in [6.07, 6.45) is 3.49. The van der Waals surface area contributed by atoms with Crippen LogP contribution in [0.15, 0.2) is 48.5 Å². The molecule has 0 heterocycles. The van der Waals surface area contributed by atoms with Crippen LogP contribution >= 0.6 is 8.25 Å². The molecule has 1 aliphatic rings. The van der Waals surface area contributed by atoms with E-state index < -0.39 is 14.4 Å². The van der Waals surface area contributed by atoms with E-state index in [4.69, 9.17) is 9.42 Å². The summed E-state index contributed by atoms with van der Waals surface area (Å²) < 4.78 is 16.4. The molecule has 0 amide bonds. The van der Waals surface area contributed by atoms with Crippen molar-refractivity contribution in [3.63, 3.8) is 0 Å². The SMILES string of the molecule is O=[P+](O)OC1c2ccccc2C=Cc2ccccc21. The molecule has 1 atom stereocenters. The molecule has 4 heteroatoms. The van der Waals surface area contributed by atoms with Crippen molar-refractivity contribution in [2.24, 2.45) is 0 Å². The van der Waals surface area contributed by atoms with Crippen LogP contribution in [0.2, 0.25) is 0 Å². The Morgan fingerprint density at radius 2 is 1.37 bits per heavy atom. The van der Waals surface area contributed by atoms with Gasteiger partial charge in [-0.25, -0.2) is 0 Å². The van der Waals surface area contributed by atoms with Crippen molar-refractivity contribution in [1.29, 1.82) is 0 Å². The van der Waals surface area contributed by atoms with E-state index >= 15 is 0 Å². The molecule has 19 heavy (non-hydrogen) atoms. The predicted octanol–water partition coefficient (Wildman–Crippen LogP) is 3.93. The normalized spacial score (nSPS) is 14.5. The van der Waals surface area contributed by atoms with Gasteiger partial charge in [0.25, 0.3) is 0 Å². The van der Waals surface area contributed by atoms with Gasteiger partial charge in [0.15, 0.2) is 6.10 Å². The van der Waals surface area contributed by atoms with Crippen LogP contribution in [0.3, 0.4) is 0 Å². The zero-order valence-corrected chi connectivity index (χ0v) is 11.0. The van der Waals surface area contributed by atoms with Crippen LogP contribution < -0.4 is 0 Å². The van der Waals surface area contributed by atoms with Crippen LogP contribution in [0.4, 0.5) is 0 Å². The maximum Gasteiger partial charge on any atom is 0.695 e. The van der Waals surface area contributed by atoms with Gasteiger partial charge in [-0.05, 0) is 22.3 Å². The monoisotopic (exact) mass is 271 g/mol. The average molecular weight is 271 g/mol. The van der Waals surface area contributed by atoms with E-state index in [1.807, 2.05) is 60.7 Å². The first kappa shape index (κ1) is 12.2. The number of rotatable bonds is 2. The van der Waals surface area contributed by atoms with Gasteiger partial charge in [-0.2, -0.15) is 0 Å². The molecule has 3 rings (SSSR count). The predicted molar refractivity (Wildman–Crippen MR) is 74.6 cm³/mol. The molecule has 1 N–H and O–H groups in total. The minimum absolute atomic E-state index is 0.518. The molecule has 0 saturated carbocycles. The Balaban J connectivity index is 2.21. The highest BCUT2D eigenvalue weighted by molar-refractivity contribution is 7.32. The third kappa shape index (κ3) is 2.36. The zero-order valence-electron chi connectivity index (χ0n) is 10.1. The molecular weight excluding hydrogens is 259 g/mol. The fraction of sp³-hybridized carbons (Fsp3) is 0.0667. The van der Waals surface area contributed by atoms with Gasteiger partial charge in [0.2, 0.25) is 0 Å². The first-order valence-electron chi connectivity index (χ1n) is 5.94. The maximum absolute atomic E-state index is 11.1. The largest absolute Gasteiger partial charge is 0.695 e. The summed E-state index contributed by atoms with van der Waals surface area (Å²) in [6.45, 7) is 0. The van der Waals surface area contributed by atoms with E-state index in [0.717, 1.165) is 22.3 Å². The summed E-state index contributed by atoms with van der Waals surface area (Å²) in [5, 5.41) is 0. The van der Waals surface area contributed by atoms with E-state index in [1.54, 1.807) is 0 Å². The first-order valence-corrected chi connectivity index (χ1v) is 7.07. The van der Waals surface area contributed by atoms with Gasteiger partial charge in [0.1, 0.15) is 0 Å². The van der Waals surface area contributed by atoms with Gasteiger partial charge >= 0.3 is 8.25 Å². The molecule has 2 aromatic carbocycles. The van der Waals surface area contributed by atoms with Crippen molar-refractivity contribution < 1.29 is 14.0 Å². The summed E-state index contributed by atoms with van der Waals surface area (Å²) in [4.78, 5) is 9.11. The molecule has 2 aromatic rings. The number of hydrogen-bond acceptors (Lipinski definition) is 2. The van der Waals surface area contributed by atoms with Crippen molar-refractivity contribution in [2.45, 2.75) is 6.10 Å². The Morgan fingerprint density at radius 3 is 1.84 bits per heavy atom. The van der Waals surface area contributed by atoms with E-state index in [1.165, 1.54) is 0 Å². The molecule has 3 nitrogen and oxygen atoms in total. The molecular formula is C15H12O3P+. The fourth-order valence-electron chi connectivity index (χ4n) is 2.35. The van der Waals surface area contributed by atoms with Crippen LogP contribution in [0.1, 0.15) is 28.4 Å². The Morgan fingerprint density at radius 1 is 0.895 bits per heavy atom. The maximum atomic E-state index is 11.1. The lowest BCUT2D eigenvalue weighted by molar-refractivity contribution is 0.226. The second-order valence-corrected chi connectivity index (χ2v) is 5.00. The van der Waals surface area contributed by atoms with Gasteiger partial charge in [0.05, 0.1) is 0 Å². The molecule has 1 unspecified atom stereocenters. The summed E-state index contributed by atoms with van der Waals surface area (Å²) in [5.41, 5.74) is 3.81. The van der Waals surface area contributed by atoms with E-state index in [-0.39, 0.29) is 0 Å². The van der Waals surface area contributed by atoms with Crippen LogP contribution in [-0.2, 0) is 9.09 Å². The van der Waals surface area contributed by atoms with E-state index in [0.29, 0.717) is 0 Å². The van der Waals surface area contributed by atoms with Crippen LogP contribution in [0.5, 0.6) is 0 Å². The quantitative estimate of drug-likeness (QED) is 0.842. The Kier molecular flexibility index (Phi) is 3.26. The number of fused-ring (bicyclic) bond motifs is 2. The molecule has 0 fully saturated rings. The van der Waals surface area contributed by atoms with Gasteiger partial charge in [0, 0.05) is 4.57 Å². The van der Waals surface area contributed by atoms with Gasteiger partial charge in [-0.3, -0.25) is 0 Å². The Labute approximate surface area is 112 Å². The van der Waals surface area contributed by atoms with Gasteiger partial charge in [-0.1, -0.05) is 60.7 Å². The Hall–Kier alpha value is -1.80. The third-order valence-electron chi connectivity index (χ3n) is 3.19. The van der Waals surface area contributed by atoms with Crippen molar-refractivity contribution in [1.82, 2.24) is 0 Å². The second-order valence-electron chi connectivity index (χ2n) is 4.31. The highest BCUT2D eigenvalue weighted by atomic mass is 31.1. The zero-order chi connectivity index (χ0) is 13.2. The van der Waals surface area contributed by atoms with Crippen molar-refractivity contribution >= 4 is 20.4 Å². The van der Waals surface area contributed by atoms with E-state index in [9.17, 15) is 4.57 Å².